The normalized spacial score (nSPS) is 10.5. The third-order valence-corrected chi connectivity index (χ3v) is 1.92. The fourth-order valence-electron chi connectivity index (χ4n) is 1.11. The van der Waals surface area contributed by atoms with Crippen molar-refractivity contribution >= 4 is 17.2 Å². The van der Waals surface area contributed by atoms with E-state index in [0.29, 0.717) is 18.1 Å². The SMILES string of the molecule is C=CCCOc1nc(Cl)nn2ccnc12. The van der Waals surface area contributed by atoms with E-state index in [0.717, 1.165) is 6.42 Å². The zero-order chi connectivity index (χ0) is 10.7. The number of nitrogens with zero attached hydrogens (tertiary/aromatic N) is 4. The standard InChI is InChI=1S/C9H9ClN4O/c1-2-3-6-15-8-7-11-4-5-14(7)13-9(10)12-8/h2,4-5H,1,3,6H2. The molecule has 2 heterocycles. The van der Waals surface area contributed by atoms with Gasteiger partial charge in [0.2, 0.25) is 10.9 Å². The molecule has 6 heteroatoms. The molecule has 5 nitrogen and oxygen atoms in total. The van der Waals surface area contributed by atoms with Crippen LogP contribution >= 0.6 is 11.6 Å². The van der Waals surface area contributed by atoms with Crippen molar-refractivity contribution in [1.82, 2.24) is 19.6 Å². The number of ether oxygens (including phenoxy) is 1. The Morgan fingerprint density at radius 3 is 3.27 bits per heavy atom. The first-order valence-electron chi connectivity index (χ1n) is 4.42. The van der Waals surface area contributed by atoms with Crippen molar-refractivity contribution in [3.8, 4) is 5.88 Å². The summed E-state index contributed by atoms with van der Waals surface area (Å²) < 4.78 is 6.94. The summed E-state index contributed by atoms with van der Waals surface area (Å²) in [6.07, 6.45) is 5.81. The lowest BCUT2D eigenvalue weighted by Crippen LogP contribution is -2.03. The van der Waals surface area contributed by atoms with Crippen LogP contribution < -0.4 is 4.74 Å². The van der Waals surface area contributed by atoms with Crippen molar-refractivity contribution in [2.24, 2.45) is 0 Å². The molecule has 0 bridgehead atoms. The maximum atomic E-state index is 5.72. The Morgan fingerprint density at radius 2 is 2.47 bits per heavy atom. The van der Waals surface area contributed by atoms with Gasteiger partial charge in [-0.1, -0.05) is 6.08 Å². The molecule has 0 aliphatic heterocycles. The first-order chi connectivity index (χ1) is 7.31. The highest BCUT2D eigenvalue weighted by atomic mass is 35.5. The van der Waals surface area contributed by atoms with Gasteiger partial charge in [0.05, 0.1) is 6.61 Å². The van der Waals surface area contributed by atoms with Crippen molar-refractivity contribution in [2.45, 2.75) is 6.42 Å². The second-order valence-corrected chi connectivity index (χ2v) is 3.15. The predicted octanol–water partition coefficient (Wildman–Crippen LogP) is 1.73. The summed E-state index contributed by atoms with van der Waals surface area (Å²) in [5.41, 5.74) is 0.559. The van der Waals surface area contributed by atoms with Crippen LogP contribution in [0.1, 0.15) is 6.42 Å². The molecule has 0 unspecified atom stereocenters. The lowest BCUT2D eigenvalue weighted by atomic mass is 10.5. The zero-order valence-electron chi connectivity index (χ0n) is 7.93. The summed E-state index contributed by atoms with van der Waals surface area (Å²) in [7, 11) is 0. The minimum absolute atomic E-state index is 0.133. The number of imidazole rings is 1. The highest BCUT2D eigenvalue weighted by Crippen LogP contribution is 2.16. The van der Waals surface area contributed by atoms with Gasteiger partial charge in [-0.05, 0) is 18.0 Å². The van der Waals surface area contributed by atoms with Crippen molar-refractivity contribution < 1.29 is 4.74 Å². The Labute approximate surface area is 91.4 Å². The van der Waals surface area contributed by atoms with Gasteiger partial charge in [0.25, 0.3) is 5.88 Å². The second-order valence-electron chi connectivity index (χ2n) is 2.81. The molecule has 0 saturated carbocycles. The lowest BCUT2D eigenvalue weighted by molar-refractivity contribution is 0.313. The van der Waals surface area contributed by atoms with E-state index < -0.39 is 0 Å². The largest absolute Gasteiger partial charge is 0.475 e. The van der Waals surface area contributed by atoms with E-state index in [1.807, 2.05) is 0 Å². The van der Waals surface area contributed by atoms with Crippen LogP contribution in [-0.2, 0) is 0 Å². The maximum Gasteiger partial charge on any atom is 0.262 e. The van der Waals surface area contributed by atoms with E-state index >= 15 is 0 Å². The van der Waals surface area contributed by atoms with Gasteiger partial charge in [-0.2, -0.15) is 4.98 Å². The van der Waals surface area contributed by atoms with E-state index in [-0.39, 0.29) is 5.28 Å². The summed E-state index contributed by atoms with van der Waals surface area (Å²) in [4.78, 5) is 8.03. The summed E-state index contributed by atoms with van der Waals surface area (Å²) in [6, 6.07) is 0. The number of halogens is 1. The monoisotopic (exact) mass is 224 g/mol. The van der Waals surface area contributed by atoms with Gasteiger partial charge in [-0.3, -0.25) is 0 Å². The van der Waals surface area contributed by atoms with Crippen molar-refractivity contribution in [1.29, 1.82) is 0 Å². The third kappa shape index (κ3) is 2.07. The maximum absolute atomic E-state index is 5.72. The first-order valence-corrected chi connectivity index (χ1v) is 4.79. The number of hydrogen-bond acceptors (Lipinski definition) is 4. The molecular formula is C9H9ClN4O. The van der Waals surface area contributed by atoms with Crippen LogP contribution in [0.4, 0.5) is 0 Å². The molecule has 0 aromatic carbocycles. The zero-order valence-corrected chi connectivity index (χ0v) is 8.68. The van der Waals surface area contributed by atoms with Crippen LogP contribution in [0.3, 0.4) is 0 Å². The Bertz CT molecular complexity index is 482. The van der Waals surface area contributed by atoms with Crippen LogP contribution in [0.2, 0.25) is 5.28 Å². The van der Waals surface area contributed by atoms with Crippen molar-refractivity contribution in [3.63, 3.8) is 0 Å². The summed E-state index contributed by atoms with van der Waals surface area (Å²) >= 11 is 5.72. The van der Waals surface area contributed by atoms with E-state index in [1.54, 1.807) is 18.5 Å². The van der Waals surface area contributed by atoms with E-state index in [9.17, 15) is 0 Å². The van der Waals surface area contributed by atoms with Crippen LogP contribution in [0.15, 0.2) is 25.0 Å². The second kappa shape index (κ2) is 4.27. The molecule has 0 spiro atoms. The number of rotatable bonds is 4. The number of aromatic nitrogens is 4. The molecule has 0 amide bonds. The molecule has 0 aliphatic carbocycles. The predicted molar refractivity (Wildman–Crippen MR) is 56.1 cm³/mol. The first kappa shape index (κ1) is 9.92. The molecule has 78 valence electrons. The molecule has 2 aromatic rings. The molecule has 0 aliphatic rings. The molecule has 0 saturated heterocycles. The minimum Gasteiger partial charge on any atom is -0.475 e. The average molecular weight is 225 g/mol. The van der Waals surface area contributed by atoms with Crippen LogP contribution in [-0.4, -0.2) is 26.2 Å². The van der Waals surface area contributed by atoms with Gasteiger partial charge in [0.1, 0.15) is 0 Å². The Kier molecular flexibility index (Phi) is 2.82. The quantitative estimate of drug-likeness (QED) is 0.586. The fourth-order valence-corrected chi connectivity index (χ4v) is 1.27. The molecule has 0 atom stereocenters. The van der Waals surface area contributed by atoms with E-state index in [4.69, 9.17) is 16.3 Å². The fraction of sp³-hybridized carbons (Fsp3) is 0.222. The molecule has 15 heavy (non-hydrogen) atoms. The molecule has 2 aromatic heterocycles. The highest BCUT2D eigenvalue weighted by Gasteiger charge is 2.08. The van der Waals surface area contributed by atoms with Gasteiger partial charge in [0, 0.05) is 12.4 Å². The van der Waals surface area contributed by atoms with Gasteiger partial charge in [-0.25, -0.2) is 9.50 Å². The van der Waals surface area contributed by atoms with E-state index in [1.165, 1.54) is 4.52 Å². The van der Waals surface area contributed by atoms with Crippen LogP contribution in [0, 0.1) is 0 Å². The average Bonchev–Trinajstić information content (AvgIpc) is 2.65. The van der Waals surface area contributed by atoms with Crippen LogP contribution in [0.25, 0.3) is 5.65 Å². The van der Waals surface area contributed by atoms with Gasteiger partial charge in [0.15, 0.2) is 0 Å². The summed E-state index contributed by atoms with van der Waals surface area (Å²) in [6.45, 7) is 4.10. The molecule has 0 radical (unpaired) electrons. The number of hydrogen-bond donors (Lipinski definition) is 0. The highest BCUT2D eigenvalue weighted by molar-refractivity contribution is 6.28. The van der Waals surface area contributed by atoms with Crippen LogP contribution in [0.5, 0.6) is 5.88 Å². The molecule has 0 N–H and O–H groups in total. The molecular weight excluding hydrogens is 216 g/mol. The minimum atomic E-state index is 0.133. The van der Waals surface area contributed by atoms with Crippen molar-refractivity contribution in [2.75, 3.05) is 6.61 Å². The van der Waals surface area contributed by atoms with Gasteiger partial charge < -0.3 is 4.74 Å². The summed E-state index contributed by atoms with van der Waals surface area (Å²) in [5, 5.41) is 4.07. The lowest BCUT2D eigenvalue weighted by Gasteiger charge is -2.04. The Hall–Kier alpha value is -1.62. The summed E-state index contributed by atoms with van der Waals surface area (Å²) in [5.74, 6) is 0.391. The van der Waals surface area contributed by atoms with Gasteiger partial charge in [-0.15, -0.1) is 11.7 Å². The Balaban J connectivity index is 2.31. The molecule has 2 rings (SSSR count). The number of fused-ring (bicyclic) bond motifs is 1. The third-order valence-electron chi connectivity index (χ3n) is 1.76. The van der Waals surface area contributed by atoms with Gasteiger partial charge >= 0.3 is 0 Å². The molecule has 0 fully saturated rings. The Morgan fingerprint density at radius 1 is 1.60 bits per heavy atom. The smallest absolute Gasteiger partial charge is 0.262 e. The van der Waals surface area contributed by atoms with Crippen molar-refractivity contribution in [3.05, 3.63) is 30.3 Å². The van der Waals surface area contributed by atoms with E-state index in [2.05, 4.69) is 21.6 Å². The topological polar surface area (TPSA) is 52.3 Å².